The summed E-state index contributed by atoms with van der Waals surface area (Å²) in [5, 5.41) is 0. The molecule has 0 amide bonds. The molecule has 3 rings (SSSR count). The maximum atomic E-state index is 10.6. The molecule has 1 heterocycles. The van der Waals surface area contributed by atoms with Gasteiger partial charge in [0.05, 0.1) is 36.7 Å². The fourth-order valence-corrected chi connectivity index (χ4v) is 3.97. The van der Waals surface area contributed by atoms with Crippen molar-refractivity contribution in [3.8, 4) is 0 Å². The van der Waals surface area contributed by atoms with Crippen LogP contribution in [-0.2, 0) is 14.9 Å². The van der Waals surface area contributed by atoms with Crippen LogP contribution in [0.4, 0.5) is 0 Å². The third kappa shape index (κ3) is 8.63. The molecule has 1 N–H and O–H groups in total. The van der Waals surface area contributed by atoms with Gasteiger partial charge in [-0.1, -0.05) is 37.5 Å². The number of benzene rings is 1. The van der Waals surface area contributed by atoms with Gasteiger partial charge in [0.15, 0.2) is 0 Å². The zero-order valence-corrected chi connectivity index (χ0v) is 17.4. The summed E-state index contributed by atoms with van der Waals surface area (Å²) in [6, 6.07) is 9.65. The SMILES string of the molecule is C(=NCCN1CCOCC1)=NC1CCCCC1.Cc1ccccc1S(=O)(=O)O. The molecule has 2 fully saturated rings. The summed E-state index contributed by atoms with van der Waals surface area (Å²) in [6.45, 7) is 7.25. The maximum Gasteiger partial charge on any atom is 0.294 e. The fraction of sp³-hybridized carbons (Fsp3) is 0.650. The van der Waals surface area contributed by atoms with Crippen LogP contribution in [0.3, 0.4) is 0 Å². The summed E-state index contributed by atoms with van der Waals surface area (Å²) in [7, 11) is -4.03. The third-order valence-electron chi connectivity index (χ3n) is 4.89. The number of nitrogens with zero attached hydrogens (tertiary/aromatic N) is 3. The average Bonchev–Trinajstić information content (AvgIpc) is 2.69. The summed E-state index contributed by atoms with van der Waals surface area (Å²) < 4.78 is 35.2. The predicted molar refractivity (Wildman–Crippen MR) is 110 cm³/mol. The van der Waals surface area contributed by atoms with Crippen molar-refractivity contribution in [2.45, 2.75) is 50.0 Å². The molecule has 1 aliphatic heterocycles. The van der Waals surface area contributed by atoms with Gasteiger partial charge in [-0.25, -0.2) is 9.98 Å². The van der Waals surface area contributed by atoms with Crippen molar-refractivity contribution in [1.82, 2.24) is 4.90 Å². The van der Waals surface area contributed by atoms with Gasteiger partial charge in [0.2, 0.25) is 0 Å². The normalized spacial score (nSPS) is 18.5. The monoisotopic (exact) mass is 409 g/mol. The molecule has 0 radical (unpaired) electrons. The first-order valence-corrected chi connectivity index (χ1v) is 11.4. The number of morpholine rings is 1. The minimum absolute atomic E-state index is 0.0278. The summed E-state index contributed by atoms with van der Waals surface area (Å²) in [4.78, 5) is 11.0. The maximum absolute atomic E-state index is 10.6. The van der Waals surface area contributed by atoms with Crippen LogP contribution >= 0.6 is 0 Å². The number of rotatable bonds is 5. The van der Waals surface area contributed by atoms with Gasteiger partial charge in [0.25, 0.3) is 10.1 Å². The molecule has 28 heavy (non-hydrogen) atoms. The van der Waals surface area contributed by atoms with Gasteiger partial charge in [0, 0.05) is 19.6 Å². The lowest BCUT2D eigenvalue weighted by atomic mass is 9.96. The summed E-state index contributed by atoms with van der Waals surface area (Å²) in [6.07, 6.45) is 6.48. The second kappa shape index (κ2) is 12.1. The molecule has 1 saturated carbocycles. The largest absolute Gasteiger partial charge is 0.379 e. The highest BCUT2D eigenvalue weighted by Crippen LogP contribution is 2.19. The third-order valence-corrected chi connectivity index (χ3v) is 5.90. The van der Waals surface area contributed by atoms with E-state index in [2.05, 4.69) is 20.9 Å². The molecule has 0 aromatic heterocycles. The lowest BCUT2D eigenvalue weighted by Crippen LogP contribution is -2.37. The van der Waals surface area contributed by atoms with Crippen LogP contribution in [0.15, 0.2) is 39.1 Å². The highest BCUT2D eigenvalue weighted by molar-refractivity contribution is 7.85. The lowest BCUT2D eigenvalue weighted by molar-refractivity contribution is 0.0395. The van der Waals surface area contributed by atoms with E-state index >= 15 is 0 Å². The van der Waals surface area contributed by atoms with E-state index in [1.165, 1.54) is 38.2 Å². The van der Waals surface area contributed by atoms with Crippen LogP contribution in [0.5, 0.6) is 0 Å². The van der Waals surface area contributed by atoms with Crippen molar-refractivity contribution in [3.63, 3.8) is 0 Å². The van der Waals surface area contributed by atoms with Crippen LogP contribution in [0.1, 0.15) is 37.7 Å². The average molecular weight is 410 g/mol. The summed E-state index contributed by atoms with van der Waals surface area (Å²) in [5.74, 6) is 0. The molecule has 2 aliphatic rings. The first-order chi connectivity index (χ1) is 13.5. The number of aliphatic imine (C=N–C) groups is 2. The van der Waals surface area contributed by atoms with Gasteiger partial charge in [-0.15, -0.1) is 0 Å². The molecule has 0 bridgehead atoms. The van der Waals surface area contributed by atoms with E-state index in [1.807, 2.05) is 0 Å². The number of ether oxygens (including phenoxy) is 1. The van der Waals surface area contributed by atoms with Crippen LogP contribution < -0.4 is 0 Å². The molecule has 1 aliphatic carbocycles. The molecule has 0 unspecified atom stereocenters. The first-order valence-electron chi connectivity index (χ1n) is 9.91. The van der Waals surface area contributed by atoms with Crippen molar-refractivity contribution in [2.24, 2.45) is 9.98 Å². The molecule has 0 atom stereocenters. The Bertz CT molecular complexity index is 748. The molecule has 156 valence electrons. The van der Waals surface area contributed by atoms with Crippen molar-refractivity contribution in [2.75, 3.05) is 39.4 Å². The van der Waals surface area contributed by atoms with E-state index < -0.39 is 10.1 Å². The highest BCUT2D eigenvalue weighted by Gasteiger charge is 2.11. The van der Waals surface area contributed by atoms with E-state index in [0.717, 1.165) is 39.4 Å². The van der Waals surface area contributed by atoms with Gasteiger partial charge < -0.3 is 4.74 Å². The Morgan fingerprint density at radius 2 is 1.86 bits per heavy atom. The van der Waals surface area contributed by atoms with E-state index in [9.17, 15) is 8.42 Å². The summed E-state index contributed by atoms with van der Waals surface area (Å²) >= 11 is 0. The van der Waals surface area contributed by atoms with Crippen LogP contribution in [0.25, 0.3) is 0 Å². The van der Waals surface area contributed by atoms with Gasteiger partial charge >= 0.3 is 0 Å². The van der Waals surface area contributed by atoms with Gasteiger partial charge in [-0.3, -0.25) is 9.45 Å². The van der Waals surface area contributed by atoms with Crippen LogP contribution in [0.2, 0.25) is 0 Å². The molecule has 1 aromatic carbocycles. The smallest absolute Gasteiger partial charge is 0.294 e. The molecular weight excluding hydrogens is 378 g/mol. The van der Waals surface area contributed by atoms with E-state index in [-0.39, 0.29) is 4.90 Å². The molecule has 7 nitrogen and oxygen atoms in total. The molecule has 1 aromatic rings. The van der Waals surface area contributed by atoms with Gasteiger partial charge in [-0.05, 0) is 31.4 Å². The van der Waals surface area contributed by atoms with Gasteiger partial charge in [0.1, 0.15) is 0 Å². The number of hydrogen-bond donors (Lipinski definition) is 1. The standard InChI is InChI=1S/C13H23N3O.C7H8O3S/c1-2-4-13(5-3-1)15-12-14-6-7-16-8-10-17-11-9-16;1-6-4-2-3-5-7(6)11(8,9)10/h13H,1-11H2;2-5H,1H3,(H,8,9,10). The van der Waals surface area contributed by atoms with Crippen molar-refractivity contribution in [3.05, 3.63) is 29.8 Å². The zero-order valence-electron chi connectivity index (χ0n) is 16.6. The van der Waals surface area contributed by atoms with E-state index in [0.29, 0.717) is 11.6 Å². The Labute approximate surface area is 168 Å². The Hall–Kier alpha value is -1.57. The highest BCUT2D eigenvalue weighted by atomic mass is 32.2. The first kappa shape index (κ1) is 22.7. The molecular formula is C20H31N3O4S. The van der Waals surface area contributed by atoms with E-state index in [4.69, 9.17) is 9.29 Å². The minimum Gasteiger partial charge on any atom is -0.379 e. The Kier molecular flexibility index (Phi) is 9.81. The molecule has 1 saturated heterocycles. The second-order valence-electron chi connectivity index (χ2n) is 7.10. The lowest BCUT2D eigenvalue weighted by Gasteiger charge is -2.25. The fourth-order valence-electron chi connectivity index (χ4n) is 3.24. The van der Waals surface area contributed by atoms with E-state index in [1.54, 1.807) is 25.1 Å². The second-order valence-corrected chi connectivity index (χ2v) is 8.49. The van der Waals surface area contributed by atoms with Crippen LogP contribution in [0, 0.1) is 6.92 Å². The molecule has 0 spiro atoms. The number of aryl methyl sites for hydroxylation is 1. The van der Waals surface area contributed by atoms with Crippen LogP contribution in [-0.4, -0.2) is 69.3 Å². The van der Waals surface area contributed by atoms with Crippen molar-refractivity contribution in [1.29, 1.82) is 0 Å². The minimum atomic E-state index is -4.03. The topological polar surface area (TPSA) is 91.6 Å². The zero-order chi connectivity index (χ0) is 20.2. The Morgan fingerprint density at radius 1 is 1.18 bits per heavy atom. The van der Waals surface area contributed by atoms with Crippen molar-refractivity contribution >= 4 is 16.1 Å². The Balaban J connectivity index is 0.000000221. The van der Waals surface area contributed by atoms with Gasteiger partial charge in [-0.2, -0.15) is 8.42 Å². The Morgan fingerprint density at radius 3 is 2.46 bits per heavy atom. The molecule has 8 heteroatoms. The quantitative estimate of drug-likeness (QED) is 0.596. The van der Waals surface area contributed by atoms with Crippen molar-refractivity contribution < 1.29 is 17.7 Å². The predicted octanol–water partition coefficient (Wildman–Crippen LogP) is 3.07. The summed E-state index contributed by atoms with van der Waals surface area (Å²) in [5.41, 5.74) is 0.551. The number of hydrogen-bond acceptors (Lipinski definition) is 6.